The zero-order chi connectivity index (χ0) is 13.5. The molecule has 0 atom stereocenters. The van der Waals surface area contributed by atoms with Crippen LogP contribution in [0.4, 0.5) is 0 Å². The van der Waals surface area contributed by atoms with E-state index in [1.54, 1.807) is 7.11 Å². The molecular formula is C15H25N3O. The summed E-state index contributed by atoms with van der Waals surface area (Å²) in [7, 11) is 1.74. The predicted molar refractivity (Wildman–Crippen MR) is 76.9 cm³/mol. The van der Waals surface area contributed by atoms with Gasteiger partial charge in [-0.25, -0.2) is 0 Å². The van der Waals surface area contributed by atoms with Gasteiger partial charge in [0.05, 0.1) is 12.3 Å². The van der Waals surface area contributed by atoms with E-state index in [2.05, 4.69) is 34.3 Å². The smallest absolute Gasteiger partial charge is 0.0589 e. The van der Waals surface area contributed by atoms with Crippen molar-refractivity contribution in [1.82, 2.24) is 15.2 Å². The van der Waals surface area contributed by atoms with Crippen molar-refractivity contribution < 1.29 is 4.74 Å². The lowest BCUT2D eigenvalue weighted by Gasteiger charge is -2.19. The molecule has 106 valence electrons. The second-order valence-electron chi connectivity index (χ2n) is 5.17. The van der Waals surface area contributed by atoms with Crippen LogP contribution in [0.1, 0.15) is 31.0 Å². The van der Waals surface area contributed by atoms with Crippen LogP contribution in [0, 0.1) is 0 Å². The lowest BCUT2D eigenvalue weighted by atomic mass is 10.2. The number of ether oxygens (including phenoxy) is 1. The average Bonchev–Trinajstić information content (AvgIpc) is 3.26. The van der Waals surface area contributed by atoms with Gasteiger partial charge in [0, 0.05) is 39.0 Å². The van der Waals surface area contributed by atoms with Crippen molar-refractivity contribution in [3.05, 3.63) is 29.6 Å². The minimum absolute atomic E-state index is 0.754. The number of aromatic nitrogens is 1. The molecule has 1 aromatic rings. The van der Waals surface area contributed by atoms with E-state index in [9.17, 15) is 0 Å². The quantitative estimate of drug-likeness (QED) is 0.737. The topological polar surface area (TPSA) is 37.4 Å². The highest BCUT2D eigenvalue weighted by atomic mass is 16.5. The molecular weight excluding hydrogens is 238 g/mol. The first-order chi connectivity index (χ1) is 9.31. The normalized spacial score (nSPS) is 15.1. The maximum Gasteiger partial charge on any atom is 0.0589 e. The molecule has 4 nitrogen and oxygen atoms in total. The molecule has 0 spiro atoms. The minimum atomic E-state index is 0.754. The zero-order valence-corrected chi connectivity index (χ0v) is 12.1. The molecule has 0 saturated heterocycles. The first kappa shape index (κ1) is 14.4. The van der Waals surface area contributed by atoms with Gasteiger partial charge in [0.25, 0.3) is 0 Å². The highest BCUT2D eigenvalue weighted by Crippen LogP contribution is 2.19. The Morgan fingerprint density at radius 1 is 1.42 bits per heavy atom. The van der Waals surface area contributed by atoms with Crippen LogP contribution >= 0.6 is 0 Å². The lowest BCUT2D eigenvalue weighted by Crippen LogP contribution is -2.27. The molecule has 1 aliphatic carbocycles. The van der Waals surface area contributed by atoms with Crippen LogP contribution in [0.3, 0.4) is 0 Å². The molecule has 0 radical (unpaired) electrons. The number of likely N-dealkylation sites (N-methyl/N-ethyl adjacent to an activating group) is 1. The van der Waals surface area contributed by atoms with Crippen LogP contribution in [-0.2, 0) is 17.8 Å². The molecule has 19 heavy (non-hydrogen) atoms. The highest BCUT2D eigenvalue weighted by molar-refractivity contribution is 5.14. The van der Waals surface area contributed by atoms with E-state index in [-0.39, 0.29) is 0 Å². The number of pyridine rings is 1. The number of hydrogen-bond donors (Lipinski definition) is 1. The van der Waals surface area contributed by atoms with Gasteiger partial charge in [-0.15, -0.1) is 0 Å². The van der Waals surface area contributed by atoms with Crippen LogP contribution in [0.2, 0.25) is 0 Å². The third kappa shape index (κ3) is 5.27. The van der Waals surface area contributed by atoms with Crippen molar-refractivity contribution in [2.24, 2.45) is 0 Å². The van der Waals surface area contributed by atoms with Crippen molar-refractivity contribution in [2.45, 2.75) is 38.9 Å². The second kappa shape index (κ2) is 7.58. The molecule has 0 unspecified atom stereocenters. The monoisotopic (exact) mass is 263 g/mol. The number of methoxy groups -OCH3 is 1. The van der Waals surface area contributed by atoms with Crippen LogP contribution in [-0.4, -0.2) is 42.7 Å². The maximum atomic E-state index is 5.12. The summed E-state index contributed by atoms with van der Waals surface area (Å²) in [4.78, 5) is 6.89. The Balaban J connectivity index is 1.78. The number of rotatable bonds is 9. The Hall–Kier alpha value is -0.970. The Bertz CT molecular complexity index is 362. The Labute approximate surface area is 116 Å². The van der Waals surface area contributed by atoms with Crippen LogP contribution in [0.25, 0.3) is 0 Å². The molecule has 1 fully saturated rings. The van der Waals surface area contributed by atoms with Crippen molar-refractivity contribution in [2.75, 3.05) is 26.8 Å². The van der Waals surface area contributed by atoms with E-state index >= 15 is 0 Å². The summed E-state index contributed by atoms with van der Waals surface area (Å²) in [6, 6.07) is 5.07. The summed E-state index contributed by atoms with van der Waals surface area (Å²) in [6.07, 6.45) is 4.65. The van der Waals surface area contributed by atoms with Gasteiger partial charge in [-0.3, -0.25) is 9.88 Å². The van der Waals surface area contributed by atoms with Gasteiger partial charge in [0.2, 0.25) is 0 Å². The van der Waals surface area contributed by atoms with Gasteiger partial charge in [0.1, 0.15) is 0 Å². The van der Waals surface area contributed by atoms with Crippen molar-refractivity contribution >= 4 is 0 Å². The van der Waals surface area contributed by atoms with E-state index < -0.39 is 0 Å². The van der Waals surface area contributed by atoms with Crippen molar-refractivity contribution in [1.29, 1.82) is 0 Å². The van der Waals surface area contributed by atoms with Gasteiger partial charge in [-0.1, -0.05) is 13.0 Å². The van der Waals surface area contributed by atoms with Crippen LogP contribution in [0.5, 0.6) is 0 Å². The summed E-state index contributed by atoms with van der Waals surface area (Å²) in [5.41, 5.74) is 2.41. The van der Waals surface area contributed by atoms with Gasteiger partial charge in [0.15, 0.2) is 0 Å². The Kier molecular flexibility index (Phi) is 5.76. The Morgan fingerprint density at radius 3 is 2.84 bits per heavy atom. The van der Waals surface area contributed by atoms with Crippen molar-refractivity contribution in [3.63, 3.8) is 0 Å². The molecule has 0 amide bonds. The second-order valence-corrected chi connectivity index (χ2v) is 5.17. The molecule has 1 saturated carbocycles. The zero-order valence-electron chi connectivity index (χ0n) is 12.1. The molecule has 0 bridgehead atoms. The van der Waals surface area contributed by atoms with Gasteiger partial charge < -0.3 is 10.1 Å². The predicted octanol–water partition coefficient (Wildman–Crippen LogP) is 1.80. The molecule has 1 heterocycles. The SMILES string of the molecule is CCN(CCOC)Cc1ccc(CNC2CC2)cn1. The van der Waals surface area contributed by atoms with E-state index in [1.807, 2.05) is 6.20 Å². The number of nitrogens with one attached hydrogen (secondary N) is 1. The molecule has 0 aromatic carbocycles. The molecule has 1 aliphatic rings. The summed E-state index contributed by atoms with van der Waals surface area (Å²) >= 11 is 0. The van der Waals surface area contributed by atoms with Crippen LogP contribution in [0.15, 0.2) is 18.3 Å². The molecule has 2 rings (SSSR count). The Morgan fingerprint density at radius 2 is 2.26 bits per heavy atom. The maximum absolute atomic E-state index is 5.12. The third-order valence-electron chi connectivity index (χ3n) is 3.50. The van der Waals surface area contributed by atoms with Gasteiger partial charge >= 0.3 is 0 Å². The van der Waals surface area contributed by atoms with Gasteiger partial charge in [-0.05, 0) is 31.0 Å². The highest BCUT2D eigenvalue weighted by Gasteiger charge is 2.19. The average molecular weight is 263 g/mol. The van der Waals surface area contributed by atoms with Gasteiger partial charge in [-0.2, -0.15) is 0 Å². The van der Waals surface area contributed by atoms with Crippen LogP contribution < -0.4 is 5.32 Å². The fourth-order valence-electron chi connectivity index (χ4n) is 2.00. The number of nitrogens with zero attached hydrogens (tertiary/aromatic N) is 2. The largest absolute Gasteiger partial charge is 0.383 e. The number of hydrogen-bond acceptors (Lipinski definition) is 4. The van der Waals surface area contributed by atoms with E-state index in [0.717, 1.165) is 44.5 Å². The van der Waals surface area contributed by atoms with E-state index in [4.69, 9.17) is 4.74 Å². The molecule has 1 aromatic heterocycles. The van der Waals surface area contributed by atoms with E-state index in [1.165, 1.54) is 18.4 Å². The summed E-state index contributed by atoms with van der Waals surface area (Å²) < 4.78 is 5.12. The standard InChI is InChI=1S/C15H25N3O/c1-3-18(8-9-19-2)12-15-5-4-13(11-17-15)10-16-14-6-7-14/h4-5,11,14,16H,3,6-10,12H2,1-2H3. The fraction of sp³-hybridized carbons (Fsp3) is 0.667. The summed E-state index contributed by atoms with van der Waals surface area (Å²) in [6.45, 7) is 6.77. The first-order valence-electron chi connectivity index (χ1n) is 7.20. The molecule has 4 heteroatoms. The summed E-state index contributed by atoms with van der Waals surface area (Å²) in [5, 5.41) is 3.51. The minimum Gasteiger partial charge on any atom is -0.383 e. The lowest BCUT2D eigenvalue weighted by molar-refractivity contribution is 0.147. The van der Waals surface area contributed by atoms with E-state index in [0.29, 0.717) is 0 Å². The molecule has 1 N–H and O–H groups in total. The first-order valence-corrected chi connectivity index (χ1v) is 7.20. The van der Waals surface area contributed by atoms with Crippen molar-refractivity contribution in [3.8, 4) is 0 Å². The summed E-state index contributed by atoms with van der Waals surface area (Å²) in [5.74, 6) is 0. The fourth-order valence-corrected chi connectivity index (χ4v) is 2.00. The molecule has 0 aliphatic heterocycles. The third-order valence-corrected chi connectivity index (χ3v) is 3.50.